The van der Waals surface area contributed by atoms with E-state index in [1.54, 1.807) is 36.4 Å². The second kappa shape index (κ2) is 7.63. The summed E-state index contributed by atoms with van der Waals surface area (Å²) < 4.78 is 15.7. The van der Waals surface area contributed by atoms with Gasteiger partial charge in [0.1, 0.15) is 5.75 Å². The van der Waals surface area contributed by atoms with Gasteiger partial charge in [-0.1, -0.05) is 17.7 Å². The van der Waals surface area contributed by atoms with Crippen LogP contribution in [0.5, 0.6) is 17.2 Å². The van der Waals surface area contributed by atoms with Crippen LogP contribution in [0.25, 0.3) is 0 Å². The lowest BCUT2D eigenvalue weighted by molar-refractivity contribution is 0.0939. The Morgan fingerprint density at radius 3 is 2.88 bits per heavy atom. The lowest BCUT2D eigenvalue weighted by atomic mass is 10.1. The Morgan fingerprint density at radius 1 is 1.28 bits per heavy atom. The first-order valence-corrected chi connectivity index (χ1v) is 8.15. The summed E-state index contributed by atoms with van der Waals surface area (Å²) in [5.41, 5.74) is 1.06. The summed E-state index contributed by atoms with van der Waals surface area (Å²) in [4.78, 5) is 12.3. The number of nitrogens with one attached hydrogen (secondary N) is 1. The SMILES string of the molecule is COc1ccc(Cl)cc1C(=O)NCC[C@@H](O)c1ccc2c(c1)OCO2. The zero-order chi connectivity index (χ0) is 17.8. The smallest absolute Gasteiger partial charge is 0.255 e. The van der Waals surface area contributed by atoms with Gasteiger partial charge in [-0.2, -0.15) is 0 Å². The molecule has 1 amide bonds. The van der Waals surface area contributed by atoms with Gasteiger partial charge < -0.3 is 24.6 Å². The molecule has 25 heavy (non-hydrogen) atoms. The van der Waals surface area contributed by atoms with E-state index in [2.05, 4.69) is 5.32 Å². The largest absolute Gasteiger partial charge is 0.496 e. The number of fused-ring (bicyclic) bond motifs is 1. The summed E-state index contributed by atoms with van der Waals surface area (Å²) in [6, 6.07) is 10.1. The van der Waals surface area contributed by atoms with Crippen molar-refractivity contribution in [2.75, 3.05) is 20.4 Å². The van der Waals surface area contributed by atoms with E-state index in [1.165, 1.54) is 7.11 Å². The number of carbonyl (C=O) groups is 1. The second-order valence-electron chi connectivity index (χ2n) is 5.52. The van der Waals surface area contributed by atoms with Crippen LogP contribution in [0.1, 0.15) is 28.4 Å². The van der Waals surface area contributed by atoms with Crippen molar-refractivity contribution in [2.45, 2.75) is 12.5 Å². The average molecular weight is 364 g/mol. The highest BCUT2D eigenvalue weighted by molar-refractivity contribution is 6.31. The maximum atomic E-state index is 12.3. The van der Waals surface area contributed by atoms with E-state index in [0.29, 0.717) is 46.4 Å². The normalized spacial score (nSPS) is 13.4. The van der Waals surface area contributed by atoms with Crippen LogP contribution < -0.4 is 19.5 Å². The predicted octanol–water partition coefficient (Wildman–Crippen LogP) is 2.93. The van der Waals surface area contributed by atoms with Crippen molar-refractivity contribution in [3.8, 4) is 17.2 Å². The minimum Gasteiger partial charge on any atom is -0.496 e. The maximum absolute atomic E-state index is 12.3. The molecule has 0 bridgehead atoms. The van der Waals surface area contributed by atoms with Gasteiger partial charge >= 0.3 is 0 Å². The number of methoxy groups -OCH3 is 1. The van der Waals surface area contributed by atoms with E-state index in [9.17, 15) is 9.90 Å². The number of halogens is 1. The Kier molecular flexibility index (Phi) is 5.31. The predicted molar refractivity (Wildman–Crippen MR) is 92.5 cm³/mol. The van der Waals surface area contributed by atoms with Gasteiger partial charge in [0.25, 0.3) is 5.91 Å². The van der Waals surface area contributed by atoms with Crippen molar-refractivity contribution >= 4 is 17.5 Å². The summed E-state index contributed by atoms with van der Waals surface area (Å²) in [5.74, 6) is 1.41. The molecule has 3 rings (SSSR count). The second-order valence-corrected chi connectivity index (χ2v) is 5.95. The third-order valence-corrected chi connectivity index (χ3v) is 4.13. The molecule has 0 saturated carbocycles. The topological polar surface area (TPSA) is 77.0 Å². The highest BCUT2D eigenvalue weighted by Gasteiger charge is 2.17. The molecular formula is C18H18ClNO5. The Bertz CT molecular complexity index is 780. The number of hydrogen-bond acceptors (Lipinski definition) is 5. The lowest BCUT2D eigenvalue weighted by Gasteiger charge is -2.13. The Hall–Kier alpha value is -2.44. The van der Waals surface area contributed by atoms with Crippen molar-refractivity contribution in [3.05, 3.63) is 52.5 Å². The van der Waals surface area contributed by atoms with E-state index < -0.39 is 6.10 Å². The molecule has 1 atom stereocenters. The lowest BCUT2D eigenvalue weighted by Crippen LogP contribution is -2.26. The third-order valence-electron chi connectivity index (χ3n) is 3.89. The summed E-state index contributed by atoms with van der Waals surface area (Å²) in [5, 5.41) is 13.5. The number of benzene rings is 2. The molecule has 1 heterocycles. The van der Waals surface area contributed by atoms with E-state index in [4.69, 9.17) is 25.8 Å². The van der Waals surface area contributed by atoms with E-state index in [1.807, 2.05) is 0 Å². The Morgan fingerprint density at radius 2 is 2.08 bits per heavy atom. The number of aliphatic hydroxyl groups excluding tert-OH is 1. The van der Waals surface area contributed by atoms with E-state index >= 15 is 0 Å². The molecule has 132 valence electrons. The number of carbonyl (C=O) groups excluding carboxylic acids is 1. The molecule has 7 heteroatoms. The molecule has 0 unspecified atom stereocenters. The maximum Gasteiger partial charge on any atom is 0.255 e. The zero-order valence-electron chi connectivity index (χ0n) is 13.6. The van der Waals surface area contributed by atoms with Crippen molar-refractivity contribution in [1.82, 2.24) is 5.32 Å². The summed E-state index contributed by atoms with van der Waals surface area (Å²) in [7, 11) is 1.49. The highest BCUT2D eigenvalue weighted by atomic mass is 35.5. The highest BCUT2D eigenvalue weighted by Crippen LogP contribution is 2.34. The fraction of sp³-hybridized carbons (Fsp3) is 0.278. The van der Waals surface area contributed by atoms with Crippen LogP contribution in [0, 0.1) is 0 Å². The minimum absolute atomic E-state index is 0.187. The van der Waals surface area contributed by atoms with E-state index in [-0.39, 0.29) is 12.7 Å². The van der Waals surface area contributed by atoms with Crippen molar-refractivity contribution in [2.24, 2.45) is 0 Å². The van der Waals surface area contributed by atoms with Gasteiger partial charge in [0.05, 0.1) is 18.8 Å². The molecule has 2 aromatic rings. The molecule has 2 N–H and O–H groups in total. The average Bonchev–Trinajstić information content (AvgIpc) is 3.09. The quantitative estimate of drug-likeness (QED) is 0.825. The first kappa shape index (κ1) is 17.4. The molecule has 6 nitrogen and oxygen atoms in total. The van der Waals surface area contributed by atoms with Crippen LogP contribution in [-0.2, 0) is 0 Å². The third kappa shape index (κ3) is 3.97. The number of aliphatic hydroxyl groups is 1. The molecule has 0 aliphatic carbocycles. The van der Waals surface area contributed by atoms with Crippen molar-refractivity contribution < 1.29 is 24.1 Å². The van der Waals surface area contributed by atoms with Crippen molar-refractivity contribution in [1.29, 1.82) is 0 Å². The van der Waals surface area contributed by atoms with Gasteiger partial charge in [-0.25, -0.2) is 0 Å². The van der Waals surface area contributed by atoms with Gasteiger partial charge in [-0.15, -0.1) is 0 Å². The van der Waals surface area contributed by atoms with Crippen LogP contribution >= 0.6 is 11.6 Å². The minimum atomic E-state index is -0.726. The molecule has 0 aromatic heterocycles. The van der Waals surface area contributed by atoms with Gasteiger partial charge in [0.2, 0.25) is 6.79 Å². The van der Waals surface area contributed by atoms with Gasteiger partial charge in [-0.05, 0) is 42.3 Å². The number of amides is 1. The van der Waals surface area contributed by atoms with Gasteiger partial charge in [0.15, 0.2) is 11.5 Å². The monoisotopic (exact) mass is 363 g/mol. The Labute approximate surface area is 150 Å². The summed E-state index contributed by atoms with van der Waals surface area (Å²) in [6.45, 7) is 0.483. The van der Waals surface area contributed by atoms with Crippen LogP contribution in [-0.4, -0.2) is 31.5 Å². The Balaban J connectivity index is 1.57. The summed E-state index contributed by atoms with van der Waals surface area (Å²) >= 11 is 5.93. The van der Waals surface area contributed by atoms with Crippen LogP contribution in [0.3, 0.4) is 0 Å². The molecule has 2 aromatic carbocycles. The number of ether oxygens (including phenoxy) is 3. The summed E-state index contributed by atoms with van der Waals surface area (Å²) in [6.07, 6.45) is -0.370. The molecule has 0 radical (unpaired) electrons. The van der Waals surface area contributed by atoms with E-state index in [0.717, 1.165) is 0 Å². The molecule has 1 aliphatic heterocycles. The number of rotatable bonds is 6. The zero-order valence-corrected chi connectivity index (χ0v) is 14.4. The van der Waals surface area contributed by atoms with Crippen LogP contribution in [0.15, 0.2) is 36.4 Å². The van der Waals surface area contributed by atoms with Crippen molar-refractivity contribution in [3.63, 3.8) is 0 Å². The molecule has 0 saturated heterocycles. The first-order valence-electron chi connectivity index (χ1n) is 7.78. The van der Waals surface area contributed by atoms with Crippen LogP contribution in [0.2, 0.25) is 5.02 Å². The van der Waals surface area contributed by atoms with Gasteiger partial charge in [0, 0.05) is 11.6 Å². The first-order chi connectivity index (χ1) is 12.1. The molecular weight excluding hydrogens is 346 g/mol. The fourth-order valence-corrected chi connectivity index (χ4v) is 2.73. The fourth-order valence-electron chi connectivity index (χ4n) is 2.56. The standard InChI is InChI=1S/C18H18ClNO5/c1-23-15-5-3-12(19)9-13(15)18(22)20-7-6-14(21)11-2-4-16-17(8-11)25-10-24-16/h2-5,8-9,14,21H,6-7,10H2,1H3,(H,20,22)/t14-/m1/s1. The molecule has 0 spiro atoms. The van der Waals surface area contributed by atoms with Gasteiger partial charge in [-0.3, -0.25) is 4.79 Å². The molecule has 1 aliphatic rings. The van der Waals surface area contributed by atoms with Crippen LogP contribution in [0.4, 0.5) is 0 Å². The molecule has 0 fully saturated rings. The number of hydrogen-bond donors (Lipinski definition) is 2.